The maximum Gasteiger partial charge on any atom is 0.305 e. The van der Waals surface area contributed by atoms with E-state index in [2.05, 4.69) is 43.5 Å². The van der Waals surface area contributed by atoms with E-state index in [-0.39, 0.29) is 18.5 Å². The molecule has 532 valence electrons. The molecule has 6 nitrogen and oxygen atoms in total. The van der Waals surface area contributed by atoms with Crippen LogP contribution in [0.1, 0.15) is 463 Å². The third-order valence-corrected chi connectivity index (χ3v) is 19.4. The number of carbonyl (C=O) groups is 2. The van der Waals surface area contributed by atoms with Crippen molar-refractivity contribution in [2.75, 3.05) is 13.2 Å². The maximum atomic E-state index is 12.5. The summed E-state index contributed by atoms with van der Waals surface area (Å²) < 4.78 is 5.50. The van der Waals surface area contributed by atoms with Crippen LogP contribution in [-0.2, 0) is 14.3 Å². The lowest BCUT2D eigenvalue weighted by Gasteiger charge is -2.20. The maximum absolute atomic E-state index is 12.5. The number of esters is 1. The number of aliphatic hydroxyl groups excluding tert-OH is 2. The number of amides is 1. The molecule has 2 unspecified atom stereocenters. The van der Waals surface area contributed by atoms with Gasteiger partial charge in [0.1, 0.15) is 0 Å². The lowest BCUT2D eigenvalue weighted by atomic mass is 10.0. The molecule has 2 atom stereocenters. The van der Waals surface area contributed by atoms with Crippen LogP contribution in [0.4, 0.5) is 0 Å². The second-order valence-corrected chi connectivity index (χ2v) is 28.4. The minimum atomic E-state index is -0.843. The number of hydrogen-bond acceptors (Lipinski definition) is 5. The molecule has 0 aliphatic heterocycles. The largest absolute Gasteiger partial charge is 0.466 e. The number of carbonyl (C=O) groups excluding carboxylic acids is 2. The highest BCUT2D eigenvalue weighted by molar-refractivity contribution is 5.76. The number of hydrogen-bond donors (Lipinski definition) is 3. The summed E-state index contributed by atoms with van der Waals surface area (Å²) in [7, 11) is 0. The summed E-state index contributed by atoms with van der Waals surface area (Å²) in [6.07, 6.45) is 104. The normalized spacial score (nSPS) is 12.6. The summed E-state index contributed by atoms with van der Waals surface area (Å²) in [5.41, 5.74) is 0. The fraction of sp³-hybridized carbons (Fsp3) is 0.905. The van der Waals surface area contributed by atoms with Gasteiger partial charge in [-0.25, -0.2) is 0 Å². The minimum Gasteiger partial charge on any atom is -0.466 e. The van der Waals surface area contributed by atoms with Gasteiger partial charge in [-0.1, -0.05) is 403 Å². The molecule has 3 N–H and O–H groups in total. The molecule has 0 aliphatic carbocycles. The molecule has 0 aromatic heterocycles. The van der Waals surface area contributed by atoms with Crippen LogP contribution in [0.2, 0.25) is 0 Å². The van der Waals surface area contributed by atoms with Crippen LogP contribution >= 0.6 is 0 Å². The molecule has 0 bridgehead atoms. The van der Waals surface area contributed by atoms with Crippen molar-refractivity contribution in [1.82, 2.24) is 5.32 Å². The third kappa shape index (κ3) is 75.1. The van der Waals surface area contributed by atoms with Gasteiger partial charge >= 0.3 is 5.97 Å². The van der Waals surface area contributed by atoms with E-state index in [1.807, 2.05) is 6.08 Å². The smallest absolute Gasteiger partial charge is 0.305 e. The summed E-state index contributed by atoms with van der Waals surface area (Å²) in [6.45, 7) is 4.95. The van der Waals surface area contributed by atoms with Crippen LogP contribution in [0.3, 0.4) is 0 Å². The minimum absolute atomic E-state index is 0.0141. The molecule has 0 rings (SSSR count). The molecule has 90 heavy (non-hydrogen) atoms. The van der Waals surface area contributed by atoms with Crippen LogP contribution in [0.25, 0.3) is 0 Å². The van der Waals surface area contributed by atoms with Crippen molar-refractivity contribution in [3.05, 3.63) is 36.5 Å². The van der Waals surface area contributed by atoms with E-state index in [4.69, 9.17) is 4.74 Å². The van der Waals surface area contributed by atoms with Crippen molar-refractivity contribution in [2.24, 2.45) is 0 Å². The van der Waals surface area contributed by atoms with Gasteiger partial charge in [-0.3, -0.25) is 9.59 Å². The number of ether oxygens (including phenoxy) is 1. The first-order valence-electron chi connectivity index (χ1n) is 41.3. The van der Waals surface area contributed by atoms with Crippen molar-refractivity contribution in [1.29, 1.82) is 0 Å². The lowest BCUT2D eigenvalue weighted by molar-refractivity contribution is -0.143. The molecule has 1 amide bonds. The molecule has 0 aromatic carbocycles. The van der Waals surface area contributed by atoms with Crippen LogP contribution in [0.15, 0.2) is 36.5 Å². The average Bonchev–Trinajstić information content (AvgIpc) is 3.68. The summed E-state index contributed by atoms with van der Waals surface area (Å²) in [5.74, 6) is -0.0453. The van der Waals surface area contributed by atoms with Crippen molar-refractivity contribution >= 4 is 11.9 Å². The number of aliphatic hydroxyl groups is 2. The Kier molecular flexibility index (Phi) is 77.8. The highest BCUT2D eigenvalue weighted by Crippen LogP contribution is 2.20. The summed E-state index contributed by atoms with van der Waals surface area (Å²) in [6, 6.07) is -0.626. The summed E-state index contributed by atoms with van der Waals surface area (Å²) in [4.78, 5) is 24.6. The van der Waals surface area contributed by atoms with Gasteiger partial charge in [0.2, 0.25) is 5.91 Å². The highest BCUT2D eigenvalue weighted by atomic mass is 16.5. The fourth-order valence-electron chi connectivity index (χ4n) is 13.1. The van der Waals surface area contributed by atoms with Gasteiger partial charge in [0, 0.05) is 12.8 Å². The Morgan fingerprint density at radius 3 is 0.789 bits per heavy atom. The number of unbranched alkanes of at least 4 members (excludes halogenated alkanes) is 63. The molecular weight excluding hydrogens is 1100 g/mol. The Morgan fingerprint density at radius 1 is 0.300 bits per heavy atom. The molecule has 0 radical (unpaired) electrons. The first kappa shape index (κ1) is 88.1. The molecule has 0 aliphatic rings. The Morgan fingerprint density at radius 2 is 0.522 bits per heavy atom. The van der Waals surface area contributed by atoms with E-state index in [1.165, 1.54) is 392 Å². The van der Waals surface area contributed by atoms with Gasteiger partial charge in [-0.2, -0.15) is 0 Å². The molecule has 0 fully saturated rings. The van der Waals surface area contributed by atoms with E-state index in [0.717, 1.165) is 44.9 Å². The number of allylic oxidation sites excluding steroid dienone is 5. The van der Waals surface area contributed by atoms with Crippen molar-refractivity contribution in [3.8, 4) is 0 Å². The van der Waals surface area contributed by atoms with Gasteiger partial charge in [-0.15, -0.1) is 0 Å². The van der Waals surface area contributed by atoms with Gasteiger partial charge < -0.3 is 20.3 Å². The topological polar surface area (TPSA) is 95.9 Å². The fourth-order valence-corrected chi connectivity index (χ4v) is 13.1. The zero-order valence-corrected chi connectivity index (χ0v) is 61.1. The quantitative estimate of drug-likeness (QED) is 0.0320. The zero-order valence-electron chi connectivity index (χ0n) is 61.1. The lowest BCUT2D eigenvalue weighted by Crippen LogP contribution is -2.45. The predicted molar refractivity (Wildman–Crippen MR) is 398 cm³/mol. The molecular formula is C84H161NO5. The van der Waals surface area contributed by atoms with E-state index in [1.54, 1.807) is 6.08 Å². The molecule has 6 heteroatoms. The Hall–Kier alpha value is -1.92. The highest BCUT2D eigenvalue weighted by Gasteiger charge is 2.18. The molecule has 0 spiro atoms. The molecule has 0 aromatic rings. The van der Waals surface area contributed by atoms with Gasteiger partial charge in [-0.05, 0) is 83.5 Å². The summed E-state index contributed by atoms with van der Waals surface area (Å²) >= 11 is 0. The third-order valence-electron chi connectivity index (χ3n) is 19.4. The van der Waals surface area contributed by atoms with Crippen molar-refractivity contribution in [2.45, 2.75) is 475 Å². The number of nitrogens with one attached hydrogen (secondary N) is 1. The van der Waals surface area contributed by atoms with Crippen LogP contribution in [0.5, 0.6) is 0 Å². The second kappa shape index (κ2) is 79.5. The zero-order chi connectivity index (χ0) is 64.9. The van der Waals surface area contributed by atoms with Crippen molar-refractivity contribution in [3.63, 3.8) is 0 Å². The standard InChI is InChI=1S/C84H161NO5/c1-3-5-7-9-11-13-15-17-19-20-21-39-42-45-49-52-56-60-64-68-72-76-82(87)81(80-86)85-83(88)77-73-69-65-61-57-53-50-46-43-40-37-35-33-31-29-27-25-23-22-24-26-28-30-32-34-36-38-41-44-47-51-55-59-63-67-71-75-79-90-84(89)78-74-70-66-62-58-54-48-18-16-14-12-10-8-6-4-2/h18,22,24,48,72,76,81-82,86-87H,3-17,19-21,23,25-47,49-71,73-75,77-80H2,1-2H3,(H,85,88)/b24-22-,48-18-,76-72+. The molecule has 0 saturated carbocycles. The Labute approximate surface area is 564 Å². The van der Waals surface area contributed by atoms with E-state index in [9.17, 15) is 19.8 Å². The van der Waals surface area contributed by atoms with E-state index >= 15 is 0 Å². The molecule has 0 heterocycles. The SMILES string of the molecule is CCCCCCCC/C=C\CCCCCCCC(=O)OCCCCCCCCCCCCCCCCCC/C=C\CCCCCCCCCCCCCCCCCCCC(=O)NC(CO)C(O)/C=C/CCCCCCCCCCCCCCCCCCCCC. The Balaban J connectivity index is 3.35. The summed E-state index contributed by atoms with van der Waals surface area (Å²) in [5, 5.41) is 23.3. The van der Waals surface area contributed by atoms with Gasteiger partial charge in [0.15, 0.2) is 0 Å². The van der Waals surface area contributed by atoms with E-state index < -0.39 is 12.1 Å². The first-order chi connectivity index (χ1) is 44.5. The van der Waals surface area contributed by atoms with Gasteiger partial charge in [0.05, 0.1) is 25.4 Å². The van der Waals surface area contributed by atoms with Crippen LogP contribution in [-0.4, -0.2) is 47.4 Å². The van der Waals surface area contributed by atoms with E-state index in [0.29, 0.717) is 19.4 Å². The van der Waals surface area contributed by atoms with Crippen molar-refractivity contribution < 1.29 is 24.5 Å². The average molecular weight is 1270 g/mol. The number of rotatable bonds is 78. The molecule has 0 saturated heterocycles. The second-order valence-electron chi connectivity index (χ2n) is 28.4. The first-order valence-corrected chi connectivity index (χ1v) is 41.3. The Bertz CT molecular complexity index is 1460. The predicted octanol–water partition coefficient (Wildman–Crippen LogP) is 27.4. The van der Waals surface area contributed by atoms with Crippen LogP contribution < -0.4 is 5.32 Å². The van der Waals surface area contributed by atoms with Gasteiger partial charge in [0.25, 0.3) is 0 Å². The van der Waals surface area contributed by atoms with Crippen LogP contribution in [0, 0.1) is 0 Å². The monoisotopic (exact) mass is 1260 g/mol.